The maximum Gasteiger partial charge on any atom is 0.400 e. The van der Waals surface area contributed by atoms with Crippen molar-refractivity contribution in [3.05, 3.63) is 48.5 Å². The van der Waals surface area contributed by atoms with Crippen LogP contribution in [-0.2, 0) is 0 Å². The van der Waals surface area contributed by atoms with Crippen LogP contribution in [0.2, 0.25) is 0 Å². The van der Waals surface area contributed by atoms with Crippen LogP contribution in [0.15, 0.2) is 52.9 Å². The molecule has 28 heavy (non-hydrogen) atoms. The molecule has 0 bridgehead atoms. The van der Waals surface area contributed by atoms with Gasteiger partial charge in [-0.25, -0.2) is 0 Å². The molecule has 1 saturated carbocycles. The maximum atomic E-state index is 9.65. The minimum Gasteiger partial charge on any atom is -0.492 e. The molecule has 1 aliphatic rings. The number of para-hydroxylation sites is 2. The molecule has 6 nitrogen and oxygen atoms in total. The van der Waals surface area contributed by atoms with E-state index < -0.39 is 0 Å². The Morgan fingerprint density at radius 1 is 1.11 bits per heavy atom. The smallest absolute Gasteiger partial charge is 0.400 e. The molecule has 1 aromatic heterocycles. The van der Waals surface area contributed by atoms with Crippen LogP contribution in [0.5, 0.6) is 17.6 Å². The largest absolute Gasteiger partial charge is 0.492 e. The van der Waals surface area contributed by atoms with Gasteiger partial charge < -0.3 is 19.0 Å². The van der Waals surface area contributed by atoms with Crippen molar-refractivity contribution in [2.75, 3.05) is 19.8 Å². The van der Waals surface area contributed by atoms with Crippen LogP contribution in [-0.4, -0.2) is 46.3 Å². The number of oxazole rings is 1. The van der Waals surface area contributed by atoms with Crippen LogP contribution in [0.4, 0.5) is 0 Å². The molecule has 1 aliphatic carbocycles. The van der Waals surface area contributed by atoms with Crippen molar-refractivity contribution in [3.8, 4) is 17.6 Å². The lowest BCUT2D eigenvalue weighted by molar-refractivity contribution is 0.0397. The number of aliphatic hydroxyl groups excluding tert-OH is 1. The van der Waals surface area contributed by atoms with Crippen LogP contribution in [0.25, 0.3) is 11.1 Å². The zero-order valence-corrected chi connectivity index (χ0v) is 16.3. The van der Waals surface area contributed by atoms with Gasteiger partial charge in [0.15, 0.2) is 5.58 Å². The first-order chi connectivity index (χ1) is 13.5. The molecule has 0 amide bonds. The molecule has 6 heteroatoms. The highest BCUT2D eigenvalue weighted by Crippen LogP contribution is 2.32. The van der Waals surface area contributed by atoms with Gasteiger partial charge in [0.05, 0.1) is 6.61 Å². The van der Waals surface area contributed by atoms with E-state index in [9.17, 15) is 5.11 Å². The van der Waals surface area contributed by atoms with Gasteiger partial charge in [0.2, 0.25) is 0 Å². The SMILES string of the molecule is CC(C)(CO)N(CCOc1ccc(Oc2nc3ccccc3o2)cc1)C1CC1. The fraction of sp³-hybridized carbons (Fsp3) is 0.409. The third kappa shape index (κ3) is 4.29. The Labute approximate surface area is 164 Å². The number of aromatic nitrogens is 1. The van der Waals surface area contributed by atoms with E-state index >= 15 is 0 Å². The van der Waals surface area contributed by atoms with Crippen LogP contribution >= 0.6 is 0 Å². The summed E-state index contributed by atoms with van der Waals surface area (Å²) in [6.07, 6.45) is 2.62. The third-order valence-corrected chi connectivity index (χ3v) is 5.06. The number of hydrogen-bond acceptors (Lipinski definition) is 6. The molecule has 1 heterocycles. The van der Waals surface area contributed by atoms with Crippen molar-refractivity contribution in [1.29, 1.82) is 0 Å². The summed E-state index contributed by atoms with van der Waals surface area (Å²) in [5.74, 6) is 1.42. The van der Waals surface area contributed by atoms with Gasteiger partial charge in [-0.2, -0.15) is 4.98 Å². The lowest BCUT2D eigenvalue weighted by Crippen LogP contribution is -2.49. The molecule has 1 N–H and O–H groups in total. The monoisotopic (exact) mass is 382 g/mol. The predicted octanol–water partition coefficient (Wildman–Crippen LogP) is 4.23. The average Bonchev–Trinajstić information content (AvgIpc) is 3.45. The molecule has 0 radical (unpaired) electrons. The van der Waals surface area contributed by atoms with Gasteiger partial charge >= 0.3 is 6.08 Å². The zero-order valence-electron chi connectivity index (χ0n) is 16.3. The summed E-state index contributed by atoms with van der Waals surface area (Å²) in [5.41, 5.74) is 1.24. The van der Waals surface area contributed by atoms with E-state index in [1.807, 2.05) is 48.5 Å². The molecule has 1 fully saturated rings. The minimum atomic E-state index is -0.220. The number of fused-ring (bicyclic) bond motifs is 1. The normalized spacial score (nSPS) is 14.6. The van der Waals surface area contributed by atoms with Gasteiger partial charge in [0, 0.05) is 18.1 Å². The van der Waals surface area contributed by atoms with Crippen molar-refractivity contribution < 1.29 is 19.0 Å². The van der Waals surface area contributed by atoms with Gasteiger partial charge in [0.25, 0.3) is 0 Å². The zero-order chi connectivity index (χ0) is 19.6. The topological polar surface area (TPSA) is 68.0 Å². The van der Waals surface area contributed by atoms with E-state index in [2.05, 4.69) is 23.7 Å². The van der Waals surface area contributed by atoms with Crippen LogP contribution in [0, 0.1) is 0 Å². The Kier molecular flexibility index (Phi) is 5.24. The average molecular weight is 382 g/mol. The number of rotatable bonds is 9. The second-order valence-corrected chi connectivity index (χ2v) is 7.76. The Bertz CT molecular complexity index is 883. The summed E-state index contributed by atoms with van der Waals surface area (Å²) < 4.78 is 17.2. The fourth-order valence-corrected chi connectivity index (χ4v) is 3.32. The second-order valence-electron chi connectivity index (χ2n) is 7.76. The first kappa shape index (κ1) is 18.8. The van der Waals surface area contributed by atoms with Crippen LogP contribution in [0.1, 0.15) is 26.7 Å². The maximum absolute atomic E-state index is 9.65. The first-order valence-electron chi connectivity index (χ1n) is 9.69. The lowest BCUT2D eigenvalue weighted by Gasteiger charge is -2.37. The van der Waals surface area contributed by atoms with E-state index in [4.69, 9.17) is 13.9 Å². The summed E-state index contributed by atoms with van der Waals surface area (Å²) in [7, 11) is 0. The minimum absolute atomic E-state index is 0.144. The van der Waals surface area contributed by atoms with Crippen molar-refractivity contribution in [2.45, 2.75) is 38.3 Å². The highest BCUT2D eigenvalue weighted by molar-refractivity contribution is 5.72. The summed E-state index contributed by atoms with van der Waals surface area (Å²) in [6.45, 7) is 5.66. The van der Waals surface area contributed by atoms with E-state index in [-0.39, 0.29) is 18.2 Å². The van der Waals surface area contributed by atoms with E-state index in [1.165, 1.54) is 12.8 Å². The van der Waals surface area contributed by atoms with Gasteiger partial charge in [-0.3, -0.25) is 4.90 Å². The molecular formula is C22H26N2O4. The quantitative estimate of drug-likeness (QED) is 0.597. The first-order valence-corrected chi connectivity index (χ1v) is 9.69. The highest BCUT2D eigenvalue weighted by Gasteiger charge is 2.37. The third-order valence-electron chi connectivity index (χ3n) is 5.06. The Morgan fingerprint density at radius 2 is 1.82 bits per heavy atom. The standard InChI is InChI=1S/C22H26N2O4/c1-22(2,15-25)24(16-7-8-16)13-14-26-17-9-11-18(12-10-17)27-21-23-19-5-3-4-6-20(19)28-21/h3-6,9-12,16,25H,7-8,13-15H2,1-2H3. The molecular weight excluding hydrogens is 356 g/mol. The highest BCUT2D eigenvalue weighted by atomic mass is 16.6. The molecule has 2 aromatic carbocycles. The molecule has 3 aromatic rings. The molecule has 0 unspecified atom stereocenters. The van der Waals surface area contributed by atoms with E-state index in [1.54, 1.807) is 0 Å². The van der Waals surface area contributed by atoms with Crippen molar-refractivity contribution in [1.82, 2.24) is 9.88 Å². The molecule has 0 saturated heterocycles. The number of ether oxygens (including phenoxy) is 2. The predicted molar refractivity (Wildman–Crippen MR) is 107 cm³/mol. The summed E-state index contributed by atoms with van der Waals surface area (Å²) in [4.78, 5) is 6.65. The Hall–Kier alpha value is -2.57. The fourth-order valence-electron chi connectivity index (χ4n) is 3.32. The Morgan fingerprint density at radius 3 is 2.50 bits per heavy atom. The number of aliphatic hydroxyl groups is 1. The molecule has 0 atom stereocenters. The molecule has 0 spiro atoms. The van der Waals surface area contributed by atoms with Gasteiger partial charge in [-0.1, -0.05) is 12.1 Å². The lowest BCUT2D eigenvalue weighted by atomic mass is 10.0. The van der Waals surface area contributed by atoms with Gasteiger partial charge in [-0.15, -0.1) is 0 Å². The second kappa shape index (κ2) is 7.81. The van der Waals surface area contributed by atoms with E-state index in [0.29, 0.717) is 24.0 Å². The number of benzene rings is 2. The van der Waals surface area contributed by atoms with E-state index in [0.717, 1.165) is 17.8 Å². The summed E-state index contributed by atoms with van der Waals surface area (Å²) in [5, 5.41) is 9.65. The van der Waals surface area contributed by atoms with Crippen molar-refractivity contribution >= 4 is 11.1 Å². The molecule has 148 valence electrons. The van der Waals surface area contributed by atoms with Crippen molar-refractivity contribution in [2.24, 2.45) is 0 Å². The Balaban J connectivity index is 1.32. The van der Waals surface area contributed by atoms with Gasteiger partial charge in [-0.05, 0) is 63.1 Å². The van der Waals surface area contributed by atoms with Gasteiger partial charge in [0.1, 0.15) is 23.6 Å². The van der Waals surface area contributed by atoms with Crippen LogP contribution in [0.3, 0.4) is 0 Å². The summed E-state index contributed by atoms with van der Waals surface area (Å²) >= 11 is 0. The molecule has 0 aliphatic heterocycles. The number of nitrogens with zero attached hydrogens (tertiary/aromatic N) is 2. The number of hydrogen-bond donors (Lipinski definition) is 1. The summed E-state index contributed by atoms with van der Waals surface area (Å²) in [6, 6.07) is 15.5. The molecule has 4 rings (SSSR count). The van der Waals surface area contributed by atoms with Crippen LogP contribution < -0.4 is 9.47 Å². The van der Waals surface area contributed by atoms with Crippen molar-refractivity contribution in [3.63, 3.8) is 0 Å².